The summed E-state index contributed by atoms with van der Waals surface area (Å²) >= 11 is 0. The molecule has 0 amide bonds. The summed E-state index contributed by atoms with van der Waals surface area (Å²) in [6.07, 6.45) is 5.19. The van der Waals surface area contributed by atoms with Gasteiger partial charge in [-0.1, -0.05) is 13.3 Å². The average molecular weight is 291 g/mol. The number of ether oxygens (including phenoxy) is 1. The SMILES string of the molecule is CCN(CCCOc1ccc(C(=O)O)cc1)CC1CCC1. The van der Waals surface area contributed by atoms with Crippen molar-refractivity contribution >= 4 is 5.97 Å². The minimum Gasteiger partial charge on any atom is -0.494 e. The molecule has 116 valence electrons. The molecule has 1 saturated carbocycles. The summed E-state index contributed by atoms with van der Waals surface area (Å²) < 4.78 is 5.66. The highest BCUT2D eigenvalue weighted by atomic mass is 16.5. The van der Waals surface area contributed by atoms with Gasteiger partial charge in [-0.05, 0) is 56.0 Å². The van der Waals surface area contributed by atoms with Crippen LogP contribution in [0.3, 0.4) is 0 Å². The van der Waals surface area contributed by atoms with Crippen molar-refractivity contribution in [2.45, 2.75) is 32.6 Å². The molecule has 0 bridgehead atoms. The first kappa shape index (κ1) is 15.8. The van der Waals surface area contributed by atoms with E-state index in [1.54, 1.807) is 24.3 Å². The van der Waals surface area contributed by atoms with Gasteiger partial charge in [0.2, 0.25) is 0 Å². The second kappa shape index (κ2) is 8.03. The Morgan fingerprint density at radius 2 is 2.05 bits per heavy atom. The van der Waals surface area contributed by atoms with Gasteiger partial charge in [-0.25, -0.2) is 4.79 Å². The third-order valence-corrected chi connectivity index (χ3v) is 4.18. The van der Waals surface area contributed by atoms with E-state index in [2.05, 4.69) is 11.8 Å². The third kappa shape index (κ3) is 5.05. The number of aromatic carboxylic acids is 1. The Labute approximate surface area is 126 Å². The van der Waals surface area contributed by atoms with Crippen molar-refractivity contribution in [3.8, 4) is 5.75 Å². The van der Waals surface area contributed by atoms with Crippen molar-refractivity contribution in [1.82, 2.24) is 4.90 Å². The molecule has 21 heavy (non-hydrogen) atoms. The van der Waals surface area contributed by atoms with E-state index in [9.17, 15) is 4.79 Å². The van der Waals surface area contributed by atoms with E-state index < -0.39 is 5.97 Å². The Balaban J connectivity index is 1.64. The molecule has 0 heterocycles. The first-order valence-corrected chi connectivity index (χ1v) is 7.87. The number of carboxylic acids is 1. The van der Waals surface area contributed by atoms with E-state index in [1.165, 1.54) is 25.8 Å². The van der Waals surface area contributed by atoms with Crippen LogP contribution in [-0.2, 0) is 0 Å². The van der Waals surface area contributed by atoms with Gasteiger partial charge in [0.05, 0.1) is 12.2 Å². The molecule has 4 nitrogen and oxygen atoms in total. The molecule has 1 aromatic carbocycles. The lowest BCUT2D eigenvalue weighted by molar-refractivity contribution is 0.0697. The monoisotopic (exact) mass is 291 g/mol. The van der Waals surface area contributed by atoms with Crippen LogP contribution in [0.1, 0.15) is 43.0 Å². The molecule has 0 saturated heterocycles. The van der Waals surface area contributed by atoms with Crippen LogP contribution in [0.4, 0.5) is 0 Å². The van der Waals surface area contributed by atoms with E-state index in [4.69, 9.17) is 9.84 Å². The lowest BCUT2D eigenvalue weighted by Gasteiger charge is -2.31. The molecule has 2 rings (SSSR count). The molecule has 1 fully saturated rings. The van der Waals surface area contributed by atoms with E-state index in [1.807, 2.05) is 0 Å². The Kier molecular flexibility index (Phi) is 6.05. The first-order valence-electron chi connectivity index (χ1n) is 7.87. The quantitative estimate of drug-likeness (QED) is 0.709. The van der Waals surface area contributed by atoms with Crippen molar-refractivity contribution in [3.05, 3.63) is 29.8 Å². The molecule has 0 aliphatic heterocycles. The van der Waals surface area contributed by atoms with E-state index in [0.717, 1.165) is 31.2 Å². The molecule has 0 spiro atoms. The Bertz CT molecular complexity index is 440. The minimum atomic E-state index is -0.906. The lowest BCUT2D eigenvalue weighted by atomic mass is 9.85. The minimum absolute atomic E-state index is 0.292. The molecule has 0 aromatic heterocycles. The fraction of sp³-hybridized carbons (Fsp3) is 0.588. The predicted octanol–water partition coefficient (Wildman–Crippen LogP) is 3.28. The number of hydrogen-bond acceptors (Lipinski definition) is 3. The average Bonchev–Trinajstić information content (AvgIpc) is 2.45. The highest BCUT2D eigenvalue weighted by Crippen LogP contribution is 2.27. The van der Waals surface area contributed by atoms with E-state index >= 15 is 0 Å². The van der Waals surface area contributed by atoms with Gasteiger partial charge >= 0.3 is 5.97 Å². The fourth-order valence-corrected chi connectivity index (χ4v) is 2.59. The maximum Gasteiger partial charge on any atom is 0.335 e. The molecule has 0 radical (unpaired) electrons. The van der Waals surface area contributed by atoms with Gasteiger partial charge in [0.25, 0.3) is 0 Å². The summed E-state index contributed by atoms with van der Waals surface area (Å²) in [5.41, 5.74) is 0.292. The largest absolute Gasteiger partial charge is 0.494 e. The molecule has 1 aromatic rings. The van der Waals surface area contributed by atoms with E-state index in [0.29, 0.717) is 12.2 Å². The summed E-state index contributed by atoms with van der Waals surface area (Å²) in [5.74, 6) is 0.743. The maximum absolute atomic E-state index is 10.8. The molecular weight excluding hydrogens is 266 g/mol. The van der Waals surface area contributed by atoms with Crippen LogP contribution in [0.25, 0.3) is 0 Å². The van der Waals surface area contributed by atoms with Crippen molar-refractivity contribution in [1.29, 1.82) is 0 Å². The van der Waals surface area contributed by atoms with Crippen LogP contribution < -0.4 is 4.74 Å². The van der Waals surface area contributed by atoms with Crippen LogP contribution in [0.5, 0.6) is 5.75 Å². The maximum atomic E-state index is 10.8. The van der Waals surface area contributed by atoms with Gasteiger partial charge in [-0.3, -0.25) is 0 Å². The number of benzene rings is 1. The highest BCUT2D eigenvalue weighted by Gasteiger charge is 2.19. The summed E-state index contributed by atoms with van der Waals surface area (Å²) in [5, 5.41) is 8.83. The zero-order valence-corrected chi connectivity index (χ0v) is 12.8. The molecule has 0 atom stereocenters. The Morgan fingerprint density at radius 3 is 2.57 bits per heavy atom. The van der Waals surface area contributed by atoms with Gasteiger partial charge in [0.1, 0.15) is 5.75 Å². The van der Waals surface area contributed by atoms with Gasteiger partial charge in [-0.2, -0.15) is 0 Å². The predicted molar refractivity (Wildman–Crippen MR) is 83.0 cm³/mol. The molecule has 1 N–H and O–H groups in total. The van der Waals surface area contributed by atoms with Gasteiger partial charge < -0.3 is 14.7 Å². The smallest absolute Gasteiger partial charge is 0.335 e. The van der Waals surface area contributed by atoms with E-state index in [-0.39, 0.29) is 0 Å². The third-order valence-electron chi connectivity index (χ3n) is 4.18. The summed E-state index contributed by atoms with van der Waals surface area (Å²) in [6.45, 7) is 6.28. The Morgan fingerprint density at radius 1 is 1.33 bits per heavy atom. The van der Waals surface area contributed by atoms with Crippen LogP contribution in [-0.4, -0.2) is 42.2 Å². The van der Waals surface area contributed by atoms with Crippen LogP contribution in [0.15, 0.2) is 24.3 Å². The standard InChI is InChI=1S/C17H25NO3/c1-2-18(13-14-5-3-6-14)11-4-12-21-16-9-7-15(8-10-16)17(19)20/h7-10,14H,2-6,11-13H2,1H3,(H,19,20). The van der Waals surface area contributed by atoms with Crippen molar-refractivity contribution < 1.29 is 14.6 Å². The number of rotatable bonds is 9. The topological polar surface area (TPSA) is 49.8 Å². The van der Waals surface area contributed by atoms with Gasteiger partial charge in [0, 0.05) is 13.1 Å². The van der Waals surface area contributed by atoms with Gasteiger partial charge in [-0.15, -0.1) is 0 Å². The Hall–Kier alpha value is -1.55. The van der Waals surface area contributed by atoms with Crippen molar-refractivity contribution in [2.75, 3.05) is 26.2 Å². The second-order valence-electron chi connectivity index (χ2n) is 5.72. The lowest BCUT2D eigenvalue weighted by Crippen LogP contribution is -2.33. The van der Waals surface area contributed by atoms with Gasteiger partial charge in [0.15, 0.2) is 0 Å². The number of hydrogen-bond donors (Lipinski definition) is 1. The normalized spacial score (nSPS) is 15.0. The molecule has 1 aliphatic carbocycles. The highest BCUT2D eigenvalue weighted by molar-refractivity contribution is 5.87. The summed E-state index contributed by atoms with van der Waals surface area (Å²) in [7, 11) is 0. The van der Waals surface area contributed by atoms with Crippen LogP contribution >= 0.6 is 0 Å². The van der Waals surface area contributed by atoms with Crippen molar-refractivity contribution in [3.63, 3.8) is 0 Å². The number of carbonyl (C=O) groups is 1. The molecule has 0 unspecified atom stereocenters. The summed E-state index contributed by atoms with van der Waals surface area (Å²) in [6, 6.07) is 6.59. The second-order valence-corrected chi connectivity index (χ2v) is 5.72. The zero-order valence-electron chi connectivity index (χ0n) is 12.8. The first-order chi connectivity index (χ1) is 10.2. The van der Waals surface area contributed by atoms with Crippen LogP contribution in [0.2, 0.25) is 0 Å². The number of nitrogens with zero attached hydrogens (tertiary/aromatic N) is 1. The number of carboxylic acid groups (broad SMARTS) is 1. The summed E-state index contributed by atoms with van der Waals surface area (Å²) in [4.78, 5) is 13.3. The fourth-order valence-electron chi connectivity index (χ4n) is 2.59. The van der Waals surface area contributed by atoms with Crippen molar-refractivity contribution in [2.24, 2.45) is 5.92 Å². The molecular formula is C17H25NO3. The molecule has 1 aliphatic rings. The molecule has 4 heteroatoms. The zero-order chi connectivity index (χ0) is 15.1. The van der Waals surface area contributed by atoms with Crippen LogP contribution in [0, 0.1) is 5.92 Å².